The van der Waals surface area contributed by atoms with Crippen molar-refractivity contribution in [2.24, 2.45) is 0 Å². The summed E-state index contributed by atoms with van der Waals surface area (Å²) in [5.41, 5.74) is 8.30. The molecule has 0 fully saturated rings. The zero-order chi connectivity index (χ0) is 18.1. The van der Waals surface area contributed by atoms with Crippen molar-refractivity contribution in [2.45, 2.75) is 19.3 Å². The van der Waals surface area contributed by atoms with Crippen LogP contribution in [-0.2, 0) is 5.41 Å². The molecule has 4 rings (SSSR count). The monoisotopic (exact) mass is 348 g/mol. The van der Waals surface area contributed by atoms with Gasteiger partial charge in [0.15, 0.2) is 5.82 Å². The fourth-order valence-corrected chi connectivity index (χ4v) is 2.50. The fraction of sp³-hybridized carbons (Fsp3) is 0.176. The summed E-state index contributed by atoms with van der Waals surface area (Å²) >= 11 is 0. The highest BCUT2D eigenvalue weighted by Crippen LogP contribution is 2.31. The summed E-state index contributed by atoms with van der Waals surface area (Å²) in [4.78, 5) is 17.0. The molecule has 4 aromatic rings. The average molecular weight is 348 g/mol. The molecule has 0 saturated carbocycles. The molecule has 0 unspecified atom stereocenters. The van der Waals surface area contributed by atoms with E-state index < -0.39 is 5.41 Å². The minimum atomic E-state index is -0.478. The van der Waals surface area contributed by atoms with Crippen LogP contribution >= 0.6 is 0 Å². The lowest BCUT2D eigenvalue weighted by Crippen LogP contribution is -2.21. The molecule has 4 heterocycles. The quantitative estimate of drug-likeness (QED) is 0.573. The van der Waals surface area contributed by atoms with E-state index in [9.17, 15) is 0 Å². The van der Waals surface area contributed by atoms with Gasteiger partial charge in [-0.2, -0.15) is 10.1 Å². The summed E-state index contributed by atoms with van der Waals surface area (Å²) in [7, 11) is 0. The van der Waals surface area contributed by atoms with E-state index in [0.29, 0.717) is 11.7 Å². The molecule has 0 aliphatic heterocycles. The summed E-state index contributed by atoms with van der Waals surface area (Å²) in [5, 5.41) is 10.7. The van der Waals surface area contributed by atoms with Crippen LogP contribution in [0.4, 0.5) is 5.95 Å². The number of nitrogens with one attached hydrogen (secondary N) is 1. The topological polar surface area (TPSA) is 132 Å². The zero-order valence-electron chi connectivity index (χ0n) is 14.2. The molecule has 0 atom stereocenters. The molecule has 9 nitrogen and oxygen atoms in total. The first-order valence-corrected chi connectivity index (χ1v) is 7.92. The highest BCUT2D eigenvalue weighted by molar-refractivity contribution is 5.57. The lowest BCUT2D eigenvalue weighted by molar-refractivity contribution is 0.408. The molecule has 9 heteroatoms. The van der Waals surface area contributed by atoms with Crippen molar-refractivity contribution in [3.05, 3.63) is 54.5 Å². The first-order chi connectivity index (χ1) is 12.5. The van der Waals surface area contributed by atoms with Crippen LogP contribution in [-0.4, -0.2) is 35.3 Å². The van der Waals surface area contributed by atoms with Crippen LogP contribution in [0.3, 0.4) is 0 Å². The van der Waals surface area contributed by atoms with Crippen molar-refractivity contribution in [1.29, 1.82) is 0 Å². The number of aromatic nitrogens is 7. The Labute approximate surface area is 148 Å². The van der Waals surface area contributed by atoms with Gasteiger partial charge in [-0.25, -0.2) is 9.97 Å². The van der Waals surface area contributed by atoms with Crippen LogP contribution in [0, 0.1) is 0 Å². The molecule has 4 aromatic heterocycles. The molecule has 0 bridgehead atoms. The zero-order valence-corrected chi connectivity index (χ0v) is 14.2. The smallest absolute Gasteiger partial charge is 0.261 e. The summed E-state index contributed by atoms with van der Waals surface area (Å²) in [6, 6.07) is 3.88. The van der Waals surface area contributed by atoms with Gasteiger partial charge in [-0.05, 0) is 25.5 Å². The standard InChI is InChI=1S/C17H16N8O/c1-17(2,15-24-14(26-25-15)11-7-22-23-8-11)12-3-4-13(19-9-12)10-5-20-16(18)21-6-10/h3-9H,1-2H3,(H,22,23)(H2,18,20,21). The molecule has 0 amide bonds. The predicted octanol–water partition coefficient (Wildman–Crippen LogP) is 2.22. The fourth-order valence-electron chi connectivity index (χ4n) is 2.50. The van der Waals surface area contributed by atoms with E-state index in [1.165, 1.54) is 0 Å². The van der Waals surface area contributed by atoms with E-state index >= 15 is 0 Å². The number of H-pyrrole nitrogens is 1. The Balaban J connectivity index is 1.62. The average Bonchev–Trinajstić information content (AvgIpc) is 3.34. The number of nitrogens with two attached hydrogens (primary N) is 1. The second-order valence-electron chi connectivity index (χ2n) is 6.30. The number of aromatic amines is 1. The number of pyridine rings is 1. The molecule has 0 aromatic carbocycles. The predicted molar refractivity (Wildman–Crippen MR) is 93.7 cm³/mol. The first-order valence-electron chi connectivity index (χ1n) is 7.92. The van der Waals surface area contributed by atoms with Crippen molar-refractivity contribution in [3.8, 4) is 22.7 Å². The van der Waals surface area contributed by atoms with Crippen LogP contribution in [0.15, 0.2) is 47.6 Å². The van der Waals surface area contributed by atoms with E-state index in [1.807, 2.05) is 26.0 Å². The minimum absolute atomic E-state index is 0.233. The number of rotatable bonds is 4. The van der Waals surface area contributed by atoms with Crippen molar-refractivity contribution in [3.63, 3.8) is 0 Å². The van der Waals surface area contributed by atoms with Gasteiger partial charge in [-0.15, -0.1) is 0 Å². The third-order valence-corrected chi connectivity index (χ3v) is 4.18. The van der Waals surface area contributed by atoms with E-state index in [-0.39, 0.29) is 5.95 Å². The largest absolute Gasteiger partial charge is 0.368 e. The number of nitrogen functional groups attached to an aromatic ring is 1. The Bertz CT molecular complexity index is 1000. The van der Waals surface area contributed by atoms with E-state index in [2.05, 4.69) is 35.3 Å². The van der Waals surface area contributed by atoms with E-state index in [0.717, 1.165) is 22.4 Å². The molecule has 130 valence electrons. The number of nitrogens with zero attached hydrogens (tertiary/aromatic N) is 6. The summed E-state index contributed by atoms with van der Waals surface area (Å²) < 4.78 is 5.35. The van der Waals surface area contributed by atoms with Crippen molar-refractivity contribution in [1.82, 2.24) is 35.3 Å². The number of anilines is 1. The maximum Gasteiger partial charge on any atom is 0.261 e. The van der Waals surface area contributed by atoms with E-state index in [1.54, 1.807) is 31.0 Å². The summed E-state index contributed by atoms with van der Waals surface area (Å²) in [6.07, 6.45) is 8.42. The normalized spacial score (nSPS) is 11.6. The Kier molecular flexibility index (Phi) is 3.68. The van der Waals surface area contributed by atoms with Crippen LogP contribution < -0.4 is 5.73 Å². The SMILES string of the molecule is CC(C)(c1ccc(-c2cnc(N)nc2)nc1)c1noc(-c2cn[nH]c2)n1. The molecular formula is C17H16N8O. The van der Waals surface area contributed by atoms with Gasteiger partial charge in [0.05, 0.1) is 22.9 Å². The van der Waals surface area contributed by atoms with Crippen molar-refractivity contribution in [2.75, 3.05) is 5.73 Å². The molecule has 0 spiro atoms. The lowest BCUT2D eigenvalue weighted by Gasteiger charge is -2.20. The molecule has 0 aliphatic rings. The second kappa shape index (κ2) is 6.03. The maximum absolute atomic E-state index is 5.52. The van der Waals surface area contributed by atoms with Crippen LogP contribution in [0.1, 0.15) is 25.2 Å². The Hall–Kier alpha value is -3.62. The van der Waals surface area contributed by atoms with Crippen LogP contribution in [0.2, 0.25) is 0 Å². The van der Waals surface area contributed by atoms with Gasteiger partial charge in [-0.3, -0.25) is 10.1 Å². The summed E-state index contributed by atoms with van der Waals surface area (Å²) in [5.74, 6) is 1.22. The molecule has 3 N–H and O–H groups in total. The lowest BCUT2D eigenvalue weighted by atomic mass is 9.85. The van der Waals surface area contributed by atoms with E-state index in [4.69, 9.17) is 10.3 Å². The van der Waals surface area contributed by atoms with Gasteiger partial charge in [-0.1, -0.05) is 11.2 Å². The number of hydrogen-bond acceptors (Lipinski definition) is 8. The highest BCUT2D eigenvalue weighted by atomic mass is 16.5. The third-order valence-electron chi connectivity index (χ3n) is 4.18. The van der Waals surface area contributed by atoms with Crippen LogP contribution in [0.25, 0.3) is 22.7 Å². The number of hydrogen-bond donors (Lipinski definition) is 2. The molecule has 0 saturated heterocycles. The van der Waals surface area contributed by atoms with Crippen LogP contribution in [0.5, 0.6) is 0 Å². The third kappa shape index (κ3) is 2.79. The van der Waals surface area contributed by atoms with Gasteiger partial charge >= 0.3 is 0 Å². The van der Waals surface area contributed by atoms with Gasteiger partial charge in [0.1, 0.15) is 0 Å². The molecule has 0 radical (unpaired) electrons. The molecule has 0 aliphatic carbocycles. The minimum Gasteiger partial charge on any atom is -0.368 e. The highest BCUT2D eigenvalue weighted by Gasteiger charge is 2.29. The summed E-state index contributed by atoms with van der Waals surface area (Å²) in [6.45, 7) is 4.03. The maximum atomic E-state index is 5.52. The molecule has 26 heavy (non-hydrogen) atoms. The first kappa shape index (κ1) is 15.9. The Morgan fingerprint density at radius 1 is 1.00 bits per heavy atom. The van der Waals surface area contributed by atoms with Crippen molar-refractivity contribution >= 4 is 5.95 Å². The van der Waals surface area contributed by atoms with Gasteiger partial charge in [0, 0.05) is 30.4 Å². The molecular weight excluding hydrogens is 332 g/mol. The Morgan fingerprint density at radius 3 is 2.46 bits per heavy atom. The Morgan fingerprint density at radius 2 is 1.81 bits per heavy atom. The van der Waals surface area contributed by atoms with Gasteiger partial charge < -0.3 is 10.3 Å². The van der Waals surface area contributed by atoms with Gasteiger partial charge in [0.2, 0.25) is 5.95 Å². The van der Waals surface area contributed by atoms with Gasteiger partial charge in [0.25, 0.3) is 5.89 Å². The second-order valence-corrected chi connectivity index (χ2v) is 6.30. The van der Waals surface area contributed by atoms with Crippen molar-refractivity contribution < 1.29 is 4.52 Å².